The van der Waals surface area contributed by atoms with Crippen molar-refractivity contribution in [2.24, 2.45) is 0 Å². The van der Waals surface area contributed by atoms with Gasteiger partial charge in [0.1, 0.15) is 11.2 Å². The lowest BCUT2D eigenvalue weighted by Gasteiger charge is -2.13. The Morgan fingerprint density at radius 2 is 0.860 bits per heavy atom. The molecule has 12 rings (SSSR count). The summed E-state index contributed by atoms with van der Waals surface area (Å²) in [5, 5.41) is 14.0. The summed E-state index contributed by atoms with van der Waals surface area (Å²) in [5.41, 5.74) is 6.80. The average molecular weight is 726 g/mol. The molecule has 0 fully saturated rings. The summed E-state index contributed by atoms with van der Waals surface area (Å²) >= 11 is 0. The second-order valence-electron chi connectivity index (χ2n) is 14.7. The minimum absolute atomic E-state index is 0.607. The number of nitrogens with zero attached hydrogens (tertiary/aromatic N) is 3. The highest BCUT2D eigenvalue weighted by Gasteiger charge is 2.19. The van der Waals surface area contributed by atoms with Gasteiger partial charge in [0.2, 0.25) is 0 Å². The van der Waals surface area contributed by atoms with Gasteiger partial charge in [0.25, 0.3) is 0 Å². The standard InChI is InChI=1S/C53H31N3O/c1-2-14-35(15-3-1)51-54-52(56-53(55-51)44-23-11-22-42-41(44)28-26-34-25-24-33-13-5-7-18-38(33)49(34)42)36-27-29-47-46(30-36)50-43-20-9-8-19-40(43)45(31-48(50)57-47)39-21-10-16-32-12-4-6-17-37(32)39/h1-31H. The number of hydrogen-bond donors (Lipinski definition) is 0. The van der Waals surface area contributed by atoms with E-state index in [9.17, 15) is 0 Å². The monoisotopic (exact) mass is 725 g/mol. The minimum Gasteiger partial charge on any atom is -0.456 e. The van der Waals surface area contributed by atoms with E-state index in [2.05, 4.69) is 170 Å². The number of fused-ring (bicyclic) bond motifs is 11. The van der Waals surface area contributed by atoms with Crippen molar-refractivity contribution < 1.29 is 4.42 Å². The molecule has 10 aromatic carbocycles. The first-order valence-corrected chi connectivity index (χ1v) is 19.3. The summed E-state index contributed by atoms with van der Waals surface area (Å²) in [6.07, 6.45) is 0. The van der Waals surface area contributed by atoms with Gasteiger partial charge in [0.15, 0.2) is 17.5 Å². The van der Waals surface area contributed by atoms with Crippen LogP contribution in [0.5, 0.6) is 0 Å². The van der Waals surface area contributed by atoms with Crippen LogP contribution in [-0.4, -0.2) is 15.0 Å². The smallest absolute Gasteiger partial charge is 0.164 e. The highest BCUT2D eigenvalue weighted by atomic mass is 16.3. The van der Waals surface area contributed by atoms with E-state index in [1.165, 1.54) is 48.7 Å². The topological polar surface area (TPSA) is 51.8 Å². The SMILES string of the molecule is c1ccc(-c2nc(-c3ccc4oc5cc(-c6cccc7ccccc67)c6ccccc6c5c4c3)nc(-c3cccc4c3ccc3ccc5ccccc5c34)n2)cc1. The molecular formula is C53H31N3O. The molecule has 0 spiro atoms. The van der Waals surface area contributed by atoms with Crippen LogP contribution in [0.2, 0.25) is 0 Å². The number of furan rings is 1. The van der Waals surface area contributed by atoms with Crippen LogP contribution in [0.15, 0.2) is 192 Å². The largest absolute Gasteiger partial charge is 0.456 e. The average Bonchev–Trinajstić information content (AvgIpc) is 3.66. The molecule has 0 aliphatic rings. The van der Waals surface area contributed by atoms with Crippen LogP contribution in [0.4, 0.5) is 0 Å². The predicted octanol–water partition coefficient (Wildman–Crippen LogP) is 14.2. The minimum atomic E-state index is 0.607. The fourth-order valence-corrected chi connectivity index (χ4v) is 8.86. The van der Waals surface area contributed by atoms with Crippen molar-refractivity contribution in [1.82, 2.24) is 15.0 Å². The molecule has 57 heavy (non-hydrogen) atoms. The van der Waals surface area contributed by atoms with Crippen molar-refractivity contribution >= 4 is 75.8 Å². The first-order valence-electron chi connectivity index (χ1n) is 19.3. The molecule has 4 heteroatoms. The lowest BCUT2D eigenvalue weighted by Crippen LogP contribution is -2.00. The molecule has 4 nitrogen and oxygen atoms in total. The zero-order valence-electron chi connectivity index (χ0n) is 30.6. The van der Waals surface area contributed by atoms with Crippen molar-refractivity contribution in [2.45, 2.75) is 0 Å². The Hall–Kier alpha value is -7.69. The van der Waals surface area contributed by atoms with Crippen LogP contribution in [0.1, 0.15) is 0 Å². The molecule has 12 aromatic rings. The van der Waals surface area contributed by atoms with Gasteiger partial charge in [-0.1, -0.05) is 164 Å². The van der Waals surface area contributed by atoms with Crippen molar-refractivity contribution in [3.8, 4) is 45.3 Å². The highest BCUT2D eigenvalue weighted by molar-refractivity contribution is 6.24. The van der Waals surface area contributed by atoms with Crippen LogP contribution >= 0.6 is 0 Å². The van der Waals surface area contributed by atoms with E-state index in [0.29, 0.717) is 17.5 Å². The van der Waals surface area contributed by atoms with Crippen molar-refractivity contribution in [3.05, 3.63) is 188 Å². The zero-order valence-corrected chi connectivity index (χ0v) is 30.6. The zero-order chi connectivity index (χ0) is 37.5. The number of benzene rings is 10. The van der Waals surface area contributed by atoms with E-state index in [0.717, 1.165) is 55.0 Å². The summed E-state index contributed by atoms with van der Waals surface area (Å²) in [4.78, 5) is 15.5. The summed E-state index contributed by atoms with van der Waals surface area (Å²) in [7, 11) is 0. The fourth-order valence-electron chi connectivity index (χ4n) is 8.86. The molecule has 0 bridgehead atoms. The van der Waals surface area contributed by atoms with Crippen LogP contribution in [0, 0.1) is 0 Å². The van der Waals surface area contributed by atoms with E-state index in [1.807, 2.05) is 18.2 Å². The number of hydrogen-bond acceptors (Lipinski definition) is 4. The van der Waals surface area contributed by atoms with E-state index in [-0.39, 0.29) is 0 Å². The first kappa shape index (κ1) is 31.6. The van der Waals surface area contributed by atoms with Gasteiger partial charge in [-0.25, -0.2) is 15.0 Å². The Kier molecular flexibility index (Phi) is 6.89. The molecule has 0 N–H and O–H groups in total. The Labute approximate surface area is 327 Å². The third-order valence-electron chi connectivity index (χ3n) is 11.5. The summed E-state index contributed by atoms with van der Waals surface area (Å²) in [6.45, 7) is 0. The maximum Gasteiger partial charge on any atom is 0.164 e. The van der Waals surface area contributed by atoms with E-state index < -0.39 is 0 Å². The van der Waals surface area contributed by atoms with Gasteiger partial charge in [0.05, 0.1) is 0 Å². The second-order valence-corrected chi connectivity index (χ2v) is 14.7. The first-order chi connectivity index (χ1) is 28.2. The van der Waals surface area contributed by atoms with Crippen molar-refractivity contribution in [2.75, 3.05) is 0 Å². The fraction of sp³-hybridized carbons (Fsp3) is 0. The third kappa shape index (κ3) is 4.98. The predicted molar refractivity (Wildman–Crippen MR) is 236 cm³/mol. The summed E-state index contributed by atoms with van der Waals surface area (Å²) < 4.78 is 6.67. The van der Waals surface area contributed by atoms with Crippen LogP contribution in [0.25, 0.3) is 121 Å². The molecule has 0 radical (unpaired) electrons. The molecule has 0 aliphatic heterocycles. The van der Waals surface area contributed by atoms with Gasteiger partial charge in [-0.15, -0.1) is 0 Å². The van der Waals surface area contributed by atoms with Gasteiger partial charge >= 0.3 is 0 Å². The van der Waals surface area contributed by atoms with Crippen LogP contribution < -0.4 is 0 Å². The Morgan fingerprint density at radius 1 is 0.281 bits per heavy atom. The van der Waals surface area contributed by atoms with Gasteiger partial charge in [0, 0.05) is 27.5 Å². The lowest BCUT2D eigenvalue weighted by molar-refractivity contribution is 0.669. The lowest BCUT2D eigenvalue weighted by atomic mass is 9.92. The number of aromatic nitrogens is 3. The van der Waals surface area contributed by atoms with Crippen LogP contribution in [0.3, 0.4) is 0 Å². The molecule has 0 saturated carbocycles. The van der Waals surface area contributed by atoms with E-state index in [4.69, 9.17) is 19.4 Å². The normalized spacial score (nSPS) is 11.9. The third-order valence-corrected chi connectivity index (χ3v) is 11.5. The highest BCUT2D eigenvalue weighted by Crippen LogP contribution is 2.43. The molecule has 0 amide bonds. The maximum absolute atomic E-state index is 6.67. The van der Waals surface area contributed by atoms with Gasteiger partial charge < -0.3 is 4.42 Å². The molecular weight excluding hydrogens is 695 g/mol. The van der Waals surface area contributed by atoms with E-state index >= 15 is 0 Å². The van der Waals surface area contributed by atoms with Gasteiger partial charge in [-0.2, -0.15) is 0 Å². The molecule has 0 saturated heterocycles. The quantitative estimate of drug-likeness (QED) is 0.170. The number of rotatable bonds is 4. The summed E-state index contributed by atoms with van der Waals surface area (Å²) in [6, 6.07) is 66.3. The second kappa shape index (κ2) is 12.4. The van der Waals surface area contributed by atoms with Crippen LogP contribution in [-0.2, 0) is 0 Å². The Balaban J connectivity index is 1.08. The summed E-state index contributed by atoms with van der Waals surface area (Å²) in [5.74, 6) is 1.86. The van der Waals surface area contributed by atoms with E-state index in [1.54, 1.807) is 0 Å². The Bertz CT molecular complexity index is 3580. The maximum atomic E-state index is 6.67. The molecule has 0 aliphatic carbocycles. The Morgan fingerprint density at radius 3 is 1.72 bits per heavy atom. The molecule has 2 heterocycles. The van der Waals surface area contributed by atoms with Crippen molar-refractivity contribution in [3.63, 3.8) is 0 Å². The van der Waals surface area contributed by atoms with Crippen molar-refractivity contribution in [1.29, 1.82) is 0 Å². The van der Waals surface area contributed by atoms with Gasteiger partial charge in [-0.05, 0) is 89.3 Å². The molecule has 2 aromatic heterocycles. The molecule has 0 atom stereocenters. The molecule has 264 valence electrons. The van der Waals surface area contributed by atoms with Gasteiger partial charge in [-0.3, -0.25) is 0 Å². The molecule has 0 unspecified atom stereocenters.